The van der Waals surface area contributed by atoms with Crippen LogP contribution in [-0.2, 0) is 35.4 Å². The molecule has 0 radical (unpaired) electrons. The zero-order valence-corrected chi connectivity index (χ0v) is 13.8. The van der Waals surface area contributed by atoms with Crippen molar-refractivity contribution in [3.05, 3.63) is 0 Å². The van der Waals surface area contributed by atoms with Crippen LogP contribution in [-0.4, -0.2) is 13.3 Å². The van der Waals surface area contributed by atoms with Crippen molar-refractivity contribution in [2.75, 3.05) is 0 Å². The van der Waals surface area contributed by atoms with E-state index in [4.69, 9.17) is 40.9 Å². The van der Waals surface area contributed by atoms with Crippen LogP contribution in [0.3, 0.4) is 0 Å². The van der Waals surface area contributed by atoms with E-state index in [0.29, 0.717) is 0 Å². The minimum Gasteiger partial charge on any atom is -1.00 e. The van der Waals surface area contributed by atoms with Crippen LogP contribution < -0.4 is 29.6 Å². The van der Waals surface area contributed by atoms with E-state index in [2.05, 4.69) is 11.2 Å². The van der Waals surface area contributed by atoms with Gasteiger partial charge in [-0.3, -0.25) is 9.11 Å². The summed E-state index contributed by atoms with van der Waals surface area (Å²) in [5.74, 6) is 0. The Labute approximate surface area is 118 Å². The molecule has 3 nitrogen and oxygen atoms in total. The van der Waals surface area contributed by atoms with Crippen molar-refractivity contribution in [3.63, 3.8) is 0 Å². The van der Waals surface area contributed by atoms with Crippen LogP contribution in [0, 0.1) is 0 Å². The zero-order chi connectivity index (χ0) is 8.08. The van der Waals surface area contributed by atoms with E-state index in [1.54, 1.807) is 0 Å². The number of hydrogen-bond donors (Lipinski definition) is 2. The minimum atomic E-state index is -3.83. The molecule has 0 aromatic heterocycles. The molecule has 0 aliphatic rings. The molecule has 0 fully saturated rings. The summed E-state index contributed by atoms with van der Waals surface area (Å²) in [5.41, 5.74) is 0. The summed E-state index contributed by atoms with van der Waals surface area (Å²) >= 11 is 1.68. The third-order valence-corrected chi connectivity index (χ3v) is 0. The number of halogens is 4. The summed E-state index contributed by atoms with van der Waals surface area (Å²) in [7, 11) is 11.0. The Kier molecular flexibility index (Phi) is 28.5. The molecule has 0 spiro atoms. The summed E-state index contributed by atoms with van der Waals surface area (Å²) in [6.07, 6.45) is 0. The molecular formula is H4AuCl4NaO3S2. The van der Waals surface area contributed by atoms with Crippen LogP contribution in [0.4, 0.5) is 0 Å². The van der Waals surface area contributed by atoms with Gasteiger partial charge in [-0.2, -0.15) is 4.21 Å². The SMILES string of the molecule is Cl.O=S(O)(O)=S.[Cl][Au]([Cl])[Cl].[H-].[Na+]. The van der Waals surface area contributed by atoms with E-state index < -0.39 is 24.3 Å². The first-order valence-corrected chi connectivity index (χ1v) is 11.5. The molecular weight excluding hydrogens is 474 g/mol. The van der Waals surface area contributed by atoms with Gasteiger partial charge in [0.15, 0.2) is 0 Å². The van der Waals surface area contributed by atoms with Crippen LogP contribution in [0.5, 0.6) is 0 Å². The summed E-state index contributed by atoms with van der Waals surface area (Å²) in [6, 6.07) is 0. The third kappa shape index (κ3) is 162. The fraction of sp³-hybridized carbons (Fsp3) is 0. The Morgan fingerprint density at radius 2 is 1.36 bits per heavy atom. The molecule has 0 saturated carbocycles. The molecule has 11 heteroatoms. The predicted molar refractivity (Wildman–Crippen MR) is 46.7 cm³/mol. The van der Waals surface area contributed by atoms with E-state index >= 15 is 0 Å². The largest absolute Gasteiger partial charge is 1.00 e. The standard InChI is InChI=1S/Au.4ClH.Na.H2O3S2.H/c;;;;;;1-5(2,3)4;/h;4*1H;;(H2,1,2,3,4);/q+3;;;;;+1;;-1/p-3. The molecule has 0 unspecified atom stereocenters. The first-order chi connectivity index (χ1) is 3.73. The second-order valence-corrected chi connectivity index (χ2v) is 12.2. The first-order valence-electron chi connectivity index (χ1n) is 1.04. The molecule has 0 aliphatic carbocycles. The summed E-state index contributed by atoms with van der Waals surface area (Å²) in [4.78, 5) is 0. The molecule has 0 rings (SSSR count). The Hall–Kier alpha value is 3.19. The average molecular weight is 478 g/mol. The Morgan fingerprint density at radius 1 is 1.36 bits per heavy atom. The smallest absolute Gasteiger partial charge is 1.00 e. The van der Waals surface area contributed by atoms with Gasteiger partial charge in [0.05, 0.1) is 0 Å². The van der Waals surface area contributed by atoms with Gasteiger partial charge >= 0.3 is 72.3 Å². The first kappa shape index (κ1) is 23.8. The Morgan fingerprint density at radius 3 is 1.36 bits per heavy atom. The van der Waals surface area contributed by atoms with E-state index in [-0.39, 0.29) is 43.4 Å². The second-order valence-electron chi connectivity index (χ2n) is 0.577. The summed E-state index contributed by atoms with van der Waals surface area (Å²) in [6.45, 7) is 0. The van der Waals surface area contributed by atoms with E-state index in [1.807, 2.05) is 0 Å². The molecule has 74 valence electrons. The molecule has 0 heterocycles. The van der Waals surface area contributed by atoms with Gasteiger partial charge in [0.25, 0.3) is 9.05 Å². The van der Waals surface area contributed by atoms with Crippen LogP contribution >= 0.6 is 40.0 Å². The van der Waals surface area contributed by atoms with Gasteiger partial charge < -0.3 is 1.43 Å². The maximum absolute atomic E-state index is 9.11. The van der Waals surface area contributed by atoms with Gasteiger partial charge in [0.2, 0.25) is 0 Å². The monoisotopic (exact) mass is 476 g/mol. The van der Waals surface area contributed by atoms with Gasteiger partial charge in [0, 0.05) is 11.2 Å². The molecule has 0 aromatic carbocycles. The molecule has 0 aromatic rings. The second kappa shape index (κ2) is 13.2. The maximum atomic E-state index is 9.11. The summed E-state index contributed by atoms with van der Waals surface area (Å²) < 4.78 is 24.0. The van der Waals surface area contributed by atoms with E-state index in [1.165, 1.54) is 0 Å². The van der Waals surface area contributed by atoms with Gasteiger partial charge in [-0.15, -0.1) is 12.4 Å². The quantitative estimate of drug-likeness (QED) is 0.452. The molecule has 2 N–H and O–H groups in total. The van der Waals surface area contributed by atoms with Gasteiger partial charge in [-0.05, 0) is 0 Å². The van der Waals surface area contributed by atoms with Crippen molar-refractivity contribution in [3.8, 4) is 0 Å². The molecule has 0 amide bonds. The van der Waals surface area contributed by atoms with Gasteiger partial charge in [-0.25, -0.2) is 0 Å². The average Bonchev–Trinajstić information content (AvgIpc) is 1.19. The van der Waals surface area contributed by atoms with Crippen molar-refractivity contribution >= 4 is 60.2 Å². The van der Waals surface area contributed by atoms with E-state index in [9.17, 15) is 0 Å². The molecule has 0 aliphatic heterocycles. The van der Waals surface area contributed by atoms with Crippen molar-refractivity contribution in [1.29, 1.82) is 0 Å². The molecule has 0 atom stereocenters. The number of rotatable bonds is 0. The van der Waals surface area contributed by atoms with Crippen LogP contribution in [0.1, 0.15) is 1.43 Å². The third-order valence-electron chi connectivity index (χ3n) is 0. The van der Waals surface area contributed by atoms with Crippen molar-refractivity contribution in [2.24, 2.45) is 0 Å². The fourth-order valence-electron chi connectivity index (χ4n) is 0. The van der Waals surface area contributed by atoms with Crippen LogP contribution in [0.2, 0.25) is 0 Å². The molecule has 11 heavy (non-hydrogen) atoms. The fourth-order valence-corrected chi connectivity index (χ4v) is 0. The van der Waals surface area contributed by atoms with Crippen LogP contribution in [0.25, 0.3) is 0 Å². The van der Waals surface area contributed by atoms with Crippen molar-refractivity contribution < 1.29 is 59.5 Å². The normalized spacial score (nSPS) is 9.36. The molecule has 0 bridgehead atoms. The Balaban J connectivity index is -0.0000000221. The van der Waals surface area contributed by atoms with Gasteiger partial charge in [-0.1, -0.05) is 0 Å². The van der Waals surface area contributed by atoms with Crippen LogP contribution in [0.15, 0.2) is 0 Å². The van der Waals surface area contributed by atoms with Crippen molar-refractivity contribution in [1.82, 2.24) is 0 Å². The summed E-state index contributed by atoms with van der Waals surface area (Å²) in [5, 5.41) is 0. The minimum absolute atomic E-state index is 0. The zero-order valence-electron chi connectivity index (χ0n) is 5.96. The molecule has 0 saturated heterocycles. The van der Waals surface area contributed by atoms with Crippen molar-refractivity contribution in [2.45, 2.75) is 0 Å². The Bertz CT molecular complexity index is 140. The van der Waals surface area contributed by atoms with Gasteiger partial charge in [0.1, 0.15) is 0 Å². The topological polar surface area (TPSA) is 57.5 Å². The maximum Gasteiger partial charge on any atom is 1.00 e. The predicted octanol–water partition coefficient (Wildman–Crippen LogP) is -0.717. The number of hydrogen-bond acceptors (Lipinski definition) is 2. The van der Waals surface area contributed by atoms with E-state index in [0.717, 1.165) is 0 Å².